The molecule has 1 heterocycles. The summed E-state index contributed by atoms with van der Waals surface area (Å²) in [4.78, 5) is 23.3. The van der Waals surface area contributed by atoms with Crippen molar-refractivity contribution in [2.24, 2.45) is 0 Å². The predicted octanol–water partition coefficient (Wildman–Crippen LogP) is 4.72. The van der Waals surface area contributed by atoms with Crippen LogP contribution in [-0.4, -0.2) is 47.6 Å². The van der Waals surface area contributed by atoms with E-state index in [0.717, 1.165) is 6.07 Å². The molecule has 1 aliphatic heterocycles. The normalized spacial score (nSPS) is 18.1. The van der Waals surface area contributed by atoms with Crippen molar-refractivity contribution < 1.29 is 33.1 Å². The van der Waals surface area contributed by atoms with E-state index in [-0.39, 0.29) is 22.7 Å². The van der Waals surface area contributed by atoms with Crippen molar-refractivity contribution in [1.82, 2.24) is 5.32 Å². The molecule has 0 bridgehead atoms. The van der Waals surface area contributed by atoms with E-state index < -0.39 is 41.8 Å². The molecule has 0 saturated carbocycles. The molecule has 170 valence electrons. The van der Waals surface area contributed by atoms with Crippen LogP contribution in [0.2, 0.25) is 5.02 Å². The minimum absolute atomic E-state index is 0.0331. The van der Waals surface area contributed by atoms with Crippen molar-refractivity contribution >= 4 is 36.9 Å². The lowest BCUT2D eigenvalue weighted by molar-refractivity contribution is 0.00578. The van der Waals surface area contributed by atoms with Gasteiger partial charge < -0.3 is 24.5 Å². The molecule has 2 N–H and O–H groups in total. The van der Waals surface area contributed by atoms with Gasteiger partial charge in [0.2, 0.25) is 0 Å². The Labute approximate surface area is 187 Å². The van der Waals surface area contributed by atoms with Gasteiger partial charge in [-0.1, -0.05) is 17.7 Å². The molecule has 0 spiro atoms. The van der Waals surface area contributed by atoms with Gasteiger partial charge in [-0.2, -0.15) is 0 Å². The molecule has 1 amide bonds. The Bertz CT molecular complexity index is 894. The van der Waals surface area contributed by atoms with E-state index in [1.807, 2.05) is 27.7 Å². The zero-order chi connectivity index (χ0) is 23.8. The van der Waals surface area contributed by atoms with Gasteiger partial charge in [0.1, 0.15) is 11.4 Å². The molecule has 0 aliphatic carbocycles. The predicted molar refractivity (Wildman–Crippen MR) is 117 cm³/mol. The molecule has 31 heavy (non-hydrogen) atoms. The number of carboxylic acids is 1. The number of benzene rings is 1. The van der Waals surface area contributed by atoms with E-state index in [9.17, 15) is 14.0 Å². The number of hydrogen-bond donors (Lipinski definition) is 2. The number of alkyl carbamates (subject to hydrolysis) is 1. The number of hydrogen-bond acceptors (Lipinski definition) is 5. The van der Waals surface area contributed by atoms with Crippen molar-refractivity contribution in [3.63, 3.8) is 0 Å². The van der Waals surface area contributed by atoms with Crippen LogP contribution in [0, 0.1) is 5.82 Å². The molecule has 2 rings (SSSR count). The topological polar surface area (TPSA) is 94.1 Å². The first-order valence-electron chi connectivity index (χ1n) is 9.78. The molecule has 1 aromatic rings. The van der Waals surface area contributed by atoms with E-state index in [2.05, 4.69) is 5.32 Å². The van der Waals surface area contributed by atoms with Crippen molar-refractivity contribution in [3.05, 3.63) is 39.6 Å². The first-order valence-corrected chi connectivity index (χ1v) is 10.2. The SMILES string of the molecule is CC(C)(C)OC(=O)NCC(=Cc1cc(Cl)c(C(=O)O)cc1F)B1OC(C)(C)C(C)(C)O1. The highest BCUT2D eigenvalue weighted by Gasteiger charge is 2.52. The maximum absolute atomic E-state index is 14.6. The fourth-order valence-corrected chi connectivity index (χ4v) is 2.97. The van der Waals surface area contributed by atoms with Crippen LogP contribution in [0.3, 0.4) is 0 Å². The van der Waals surface area contributed by atoms with Gasteiger partial charge in [-0.3, -0.25) is 0 Å². The highest BCUT2D eigenvalue weighted by atomic mass is 35.5. The van der Waals surface area contributed by atoms with Crippen LogP contribution in [0.4, 0.5) is 9.18 Å². The fraction of sp³-hybridized carbons (Fsp3) is 0.524. The van der Waals surface area contributed by atoms with Crippen LogP contribution in [0.5, 0.6) is 0 Å². The summed E-state index contributed by atoms with van der Waals surface area (Å²) in [5.74, 6) is -2.12. The second kappa shape index (κ2) is 8.80. The summed E-state index contributed by atoms with van der Waals surface area (Å²) in [6, 6.07) is 2.05. The van der Waals surface area contributed by atoms with Gasteiger partial charge >= 0.3 is 19.2 Å². The number of nitrogens with one attached hydrogen (secondary N) is 1. The van der Waals surface area contributed by atoms with Crippen molar-refractivity contribution in [1.29, 1.82) is 0 Å². The molecule has 1 aromatic carbocycles. The van der Waals surface area contributed by atoms with E-state index in [0.29, 0.717) is 5.47 Å². The molecular weight excluding hydrogens is 427 g/mol. The summed E-state index contributed by atoms with van der Waals surface area (Å²) in [7, 11) is -0.878. The Morgan fingerprint density at radius 1 is 1.23 bits per heavy atom. The lowest BCUT2D eigenvalue weighted by Gasteiger charge is -2.32. The molecule has 0 atom stereocenters. The number of amides is 1. The van der Waals surface area contributed by atoms with Crippen molar-refractivity contribution in [3.8, 4) is 0 Å². The number of aromatic carboxylic acids is 1. The molecule has 10 heteroatoms. The summed E-state index contributed by atoms with van der Waals surface area (Å²) < 4.78 is 31.9. The van der Waals surface area contributed by atoms with E-state index >= 15 is 0 Å². The van der Waals surface area contributed by atoms with Gasteiger partial charge in [-0.25, -0.2) is 14.0 Å². The number of halogens is 2. The van der Waals surface area contributed by atoms with Crippen LogP contribution < -0.4 is 5.32 Å². The second-order valence-corrected chi connectivity index (χ2v) is 9.73. The van der Waals surface area contributed by atoms with Gasteiger partial charge in [0, 0.05) is 12.1 Å². The van der Waals surface area contributed by atoms with Gasteiger partial charge in [-0.15, -0.1) is 0 Å². The minimum atomic E-state index is -1.34. The molecular formula is C21H28BClFNO6. The van der Waals surface area contributed by atoms with Crippen LogP contribution in [0.15, 0.2) is 17.6 Å². The summed E-state index contributed by atoms with van der Waals surface area (Å²) in [5, 5.41) is 11.6. The van der Waals surface area contributed by atoms with E-state index in [1.165, 1.54) is 12.1 Å². The Hall–Kier alpha value is -2.10. The Morgan fingerprint density at radius 2 is 1.77 bits per heavy atom. The van der Waals surface area contributed by atoms with Crippen LogP contribution in [-0.2, 0) is 14.0 Å². The van der Waals surface area contributed by atoms with Crippen molar-refractivity contribution in [2.45, 2.75) is 65.3 Å². The number of carboxylic acid groups (broad SMARTS) is 1. The van der Waals surface area contributed by atoms with E-state index in [1.54, 1.807) is 20.8 Å². The number of carbonyl (C=O) groups excluding carboxylic acids is 1. The molecule has 0 radical (unpaired) electrons. The largest absolute Gasteiger partial charge is 0.492 e. The highest BCUT2D eigenvalue weighted by molar-refractivity contribution is 6.56. The Kier molecular flexibility index (Phi) is 7.15. The smallest absolute Gasteiger partial charge is 0.478 e. The zero-order valence-electron chi connectivity index (χ0n) is 18.8. The summed E-state index contributed by atoms with van der Waals surface area (Å²) in [6.07, 6.45) is 0.765. The minimum Gasteiger partial charge on any atom is -0.478 e. The first kappa shape index (κ1) is 25.2. The van der Waals surface area contributed by atoms with E-state index in [4.69, 9.17) is 30.8 Å². The summed E-state index contributed by atoms with van der Waals surface area (Å²) in [5.41, 5.74) is -1.92. The molecule has 0 unspecified atom stereocenters. The molecule has 1 saturated heterocycles. The number of ether oxygens (including phenoxy) is 1. The molecule has 7 nitrogen and oxygen atoms in total. The molecule has 1 aliphatic rings. The monoisotopic (exact) mass is 455 g/mol. The maximum Gasteiger partial charge on any atom is 0.492 e. The zero-order valence-corrected chi connectivity index (χ0v) is 19.5. The lowest BCUT2D eigenvalue weighted by atomic mass is 9.77. The quantitative estimate of drug-likeness (QED) is 0.624. The second-order valence-electron chi connectivity index (χ2n) is 9.32. The summed E-state index contributed by atoms with van der Waals surface area (Å²) >= 11 is 6.00. The van der Waals surface area contributed by atoms with Gasteiger partial charge in [0.25, 0.3) is 0 Å². The number of carbonyl (C=O) groups is 2. The van der Waals surface area contributed by atoms with Gasteiger partial charge in [0.05, 0.1) is 21.8 Å². The Morgan fingerprint density at radius 3 is 2.26 bits per heavy atom. The van der Waals surface area contributed by atoms with Crippen molar-refractivity contribution in [2.75, 3.05) is 6.54 Å². The summed E-state index contributed by atoms with van der Waals surface area (Å²) in [6.45, 7) is 12.6. The third-order valence-corrected chi connectivity index (χ3v) is 5.36. The third kappa shape index (κ3) is 6.21. The lowest BCUT2D eigenvalue weighted by Crippen LogP contribution is -2.41. The average molecular weight is 456 g/mol. The Balaban J connectivity index is 2.40. The first-order chi connectivity index (χ1) is 14.0. The number of rotatable bonds is 5. The standard InChI is InChI=1S/C21H28BClFNO6/c1-19(2,3)29-18(28)25-11-13(22-30-20(4,5)21(6,7)31-22)8-12-9-15(23)14(17(26)27)10-16(12)24/h8-10H,11H2,1-7H3,(H,25,28)(H,26,27). The fourth-order valence-electron chi connectivity index (χ4n) is 2.72. The average Bonchev–Trinajstić information content (AvgIpc) is 2.79. The third-order valence-electron chi connectivity index (χ3n) is 5.05. The van der Waals surface area contributed by atoms with Gasteiger partial charge in [0.15, 0.2) is 0 Å². The molecule has 0 aromatic heterocycles. The highest BCUT2D eigenvalue weighted by Crippen LogP contribution is 2.39. The molecule has 1 fully saturated rings. The maximum atomic E-state index is 14.6. The van der Waals surface area contributed by atoms with Crippen LogP contribution >= 0.6 is 11.6 Å². The van der Waals surface area contributed by atoms with Crippen LogP contribution in [0.1, 0.15) is 64.4 Å². The van der Waals surface area contributed by atoms with Crippen LogP contribution in [0.25, 0.3) is 6.08 Å². The van der Waals surface area contributed by atoms with Gasteiger partial charge in [-0.05, 0) is 66.1 Å².